The minimum atomic E-state index is -0.783. The van der Waals surface area contributed by atoms with Gasteiger partial charge in [-0.15, -0.1) is 0 Å². The largest absolute Gasteiger partial charge is 0.281 e. The molecular formula is C29H31NO2. The van der Waals surface area contributed by atoms with Gasteiger partial charge in [0.15, 0.2) is 0 Å². The topological polar surface area (TPSA) is 37.4 Å². The highest BCUT2D eigenvalue weighted by Gasteiger charge is 2.62. The molecular weight excluding hydrogens is 394 g/mol. The Kier molecular flexibility index (Phi) is 5.58. The van der Waals surface area contributed by atoms with Crippen LogP contribution in [-0.4, -0.2) is 23.3 Å². The number of fused-ring (bicyclic) bond motifs is 1. The number of allylic oxidation sites excluding steroid dienone is 3. The Hall–Kier alpha value is -2.94. The van der Waals surface area contributed by atoms with E-state index in [4.69, 9.17) is 0 Å². The molecule has 5 rings (SSSR count). The number of imide groups is 1. The van der Waals surface area contributed by atoms with Crippen molar-refractivity contribution in [3.8, 4) is 0 Å². The van der Waals surface area contributed by atoms with Crippen LogP contribution in [0.5, 0.6) is 0 Å². The number of amides is 2. The number of benzene rings is 2. The van der Waals surface area contributed by atoms with E-state index in [0.29, 0.717) is 6.54 Å². The Labute approximate surface area is 190 Å². The minimum Gasteiger partial charge on any atom is -0.281 e. The molecule has 4 atom stereocenters. The van der Waals surface area contributed by atoms with Crippen LogP contribution < -0.4 is 0 Å². The number of likely N-dealkylation sites (tertiary alicyclic amines) is 1. The van der Waals surface area contributed by atoms with Gasteiger partial charge in [0, 0.05) is 18.4 Å². The summed E-state index contributed by atoms with van der Waals surface area (Å²) in [6, 6.07) is 20.3. The van der Waals surface area contributed by atoms with Gasteiger partial charge in [0.2, 0.25) is 11.8 Å². The van der Waals surface area contributed by atoms with Crippen LogP contribution in [0.3, 0.4) is 0 Å². The molecule has 0 unspecified atom stereocenters. The van der Waals surface area contributed by atoms with Crippen LogP contribution >= 0.6 is 0 Å². The molecule has 0 saturated carbocycles. The molecule has 0 aromatic heterocycles. The lowest BCUT2D eigenvalue weighted by Gasteiger charge is -2.41. The lowest BCUT2D eigenvalue weighted by molar-refractivity contribution is -0.141. The summed E-state index contributed by atoms with van der Waals surface area (Å²) in [5, 5.41) is 0. The molecule has 3 heteroatoms. The van der Waals surface area contributed by atoms with Gasteiger partial charge >= 0.3 is 0 Å². The summed E-state index contributed by atoms with van der Waals surface area (Å²) >= 11 is 0. The van der Waals surface area contributed by atoms with Gasteiger partial charge in [-0.2, -0.15) is 0 Å². The monoisotopic (exact) mass is 425 g/mol. The van der Waals surface area contributed by atoms with Gasteiger partial charge in [-0.3, -0.25) is 14.5 Å². The van der Waals surface area contributed by atoms with Crippen LogP contribution in [-0.2, 0) is 9.59 Å². The first kappa shape index (κ1) is 20.9. The fraction of sp³-hybridized carbons (Fsp3) is 0.379. The number of rotatable bonds is 5. The van der Waals surface area contributed by atoms with Crippen molar-refractivity contribution >= 4 is 11.8 Å². The van der Waals surface area contributed by atoms with Crippen LogP contribution in [0.1, 0.15) is 62.0 Å². The standard InChI is InChI=1S/C29H31NO2/c1-29-25(23-15-9-4-10-16-23)18-17-24(22-13-7-3-8-14-22)26(29)27(31)30(28(29)32)20-19-21-11-5-2-6-12-21/h3-4,7-11,13-18,24-26H,2,5-6,12,19-20H2,1H3/t24-,25-,26-,29-/m1/s1. The third kappa shape index (κ3) is 3.44. The average molecular weight is 426 g/mol. The normalized spacial score (nSPS) is 29.7. The summed E-state index contributed by atoms with van der Waals surface area (Å²) in [4.78, 5) is 29.4. The first-order valence-corrected chi connectivity index (χ1v) is 11.9. The fourth-order valence-electron chi connectivity index (χ4n) is 6.04. The van der Waals surface area contributed by atoms with E-state index >= 15 is 0 Å². The van der Waals surface area contributed by atoms with Crippen LogP contribution in [0.4, 0.5) is 0 Å². The van der Waals surface area contributed by atoms with Gasteiger partial charge in [0.25, 0.3) is 0 Å². The van der Waals surface area contributed by atoms with Crippen molar-refractivity contribution in [2.24, 2.45) is 11.3 Å². The van der Waals surface area contributed by atoms with E-state index < -0.39 is 5.41 Å². The van der Waals surface area contributed by atoms with Crippen LogP contribution in [0, 0.1) is 11.3 Å². The maximum Gasteiger partial charge on any atom is 0.236 e. The Morgan fingerprint density at radius 2 is 1.59 bits per heavy atom. The summed E-state index contributed by atoms with van der Waals surface area (Å²) in [7, 11) is 0. The van der Waals surface area contributed by atoms with E-state index in [0.717, 1.165) is 30.4 Å². The number of nitrogens with zero attached hydrogens (tertiary/aromatic N) is 1. The molecule has 2 amide bonds. The Morgan fingerprint density at radius 1 is 0.906 bits per heavy atom. The molecule has 1 aliphatic heterocycles. The molecule has 32 heavy (non-hydrogen) atoms. The maximum absolute atomic E-state index is 14.0. The van der Waals surface area contributed by atoms with Crippen molar-refractivity contribution in [2.75, 3.05) is 6.54 Å². The number of carbonyl (C=O) groups is 2. The molecule has 0 N–H and O–H groups in total. The maximum atomic E-state index is 14.0. The first-order valence-electron chi connectivity index (χ1n) is 11.9. The molecule has 1 fully saturated rings. The molecule has 0 bridgehead atoms. The number of hydrogen-bond donors (Lipinski definition) is 0. The molecule has 0 radical (unpaired) electrons. The molecule has 1 heterocycles. The Morgan fingerprint density at radius 3 is 2.25 bits per heavy atom. The van der Waals surface area contributed by atoms with Crippen molar-refractivity contribution < 1.29 is 9.59 Å². The van der Waals surface area contributed by atoms with Crippen molar-refractivity contribution in [3.05, 3.63) is 95.6 Å². The second-order valence-electron chi connectivity index (χ2n) is 9.62. The van der Waals surface area contributed by atoms with Gasteiger partial charge < -0.3 is 0 Å². The molecule has 2 aromatic carbocycles. The van der Waals surface area contributed by atoms with E-state index in [1.807, 2.05) is 43.3 Å². The summed E-state index contributed by atoms with van der Waals surface area (Å²) in [6.45, 7) is 2.52. The van der Waals surface area contributed by atoms with E-state index in [-0.39, 0.29) is 29.6 Å². The summed E-state index contributed by atoms with van der Waals surface area (Å²) in [6.07, 6.45) is 12.1. The van der Waals surface area contributed by atoms with E-state index in [9.17, 15) is 9.59 Å². The third-order valence-electron chi connectivity index (χ3n) is 7.78. The summed E-state index contributed by atoms with van der Waals surface area (Å²) < 4.78 is 0. The first-order chi connectivity index (χ1) is 15.6. The third-order valence-corrected chi connectivity index (χ3v) is 7.78. The van der Waals surface area contributed by atoms with Crippen molar-refractivity contribution in [1.82, 2.24) is 4.90 Å². The lowest BCUT2D eigenvalue weighted by Crippen LogP contribution is -2.42. The summed E-state index contributed by atoms with van der Waals surface area (Å²) in [5.74, 6) is -0.593. The Bertz CT molecular complexity index is 1060. The predicted octanol–water partition coefficient (Wildman–Crippen LogP) is 6.01. The van der Waals surface area contributed by atoms with Gasteiger partial charge in [0.1, 0.15) is 0 Å². The number of carbonyl (C=O) groups excluding carboxylic acids is 2. The highest BCUT2D eigenvalue weighted by atomic mass is 16.2. The van der Waals surface area contributed by atoms with Gasteiger partial charge in [-0.05, 0) is 50.2 Å². The molecule has 0 spiro atoms. The summed E-state index contributed by atoms with van der Waals surface area (Å²) in [5.41, 5.74) is 2.81. The second kappa shape index (κ2) is 8.54. The lowest BCUT2D eigenvalue weighted by atomic mass is 9.58. The molecule has 164 valence electrons. The molecule has 2 aliphatic carbocycles. The van der Waals surface area contributed by atoms with Gasteiger partial charge in [-0.25, -0.2) is 0 Å². The van der Waals surface area contributed by atoms with Crippen molar-refractivity contribution in [1.29, 1.82) is 0 Å². The smallest absolute Gasteiger partial charge is 0.236 e. The molecule has 1 saturated heterocycles. The van der Waals surface area contributed by atoms with Crippen LogP contribution in [0.2, 0.25) is 0 Å². The predicted molar refractivity (Wildman–Crippen MR) is 127 cm³/mol. The minimum absolute atomic E-state index is 0.00644. The molecule has 3 nitrogen and oxygen atoms in total. The van der Waals surface area contributed by atoms with Crippen molar-refractivity contribution in [3.63, 3.8) is 0 Å². The van der Waals surface area contributed by atoms with Crippen molar-refractivity contribution in [2.45, 2.75) is 50.9 Å². The average Bonchev–Trinajstić information content (AvgIpc) is 3.04. The molecule has 2 aromatic rings. The van der Waals surface area contributed by atoms with Crippen LogP contribution in [0.25, 0.3) is 0 Å². The van der Waals surface area contributed by atoms with Crippen LogP contribution in [0.15, 0.2) is 84.5 Å². The van der Waals surface area contributed by atoms with E-state index in [1.165, 1.54) is 18.4 Å². The van der Waals surface area contributed by atoms with E-state index in [2.05, 4.69) is 42.5 Å². The number of hydrogen-bond acceptors (Lipinski definition) is 2. The zero-order valence-electron chi connectivity index (χ0n) is 18.7. The van der Waals surface area contributed by atoms with Gasteiger partial charge in [0.05, 0.1) is 11.3 Å². The van der Waals surface area contributed by atoms with Gasteiger partial charge in [-0.1, -0.05) is 84.5 Å². The zero-order chi connectivity index (χ0) is 22.1. The second-order valence-corrected chi connectivity index (χ2v) is 9.62. The zero-order valence-corrected chi connectivity index (χ0v) is 18.7. The van der Waals surface area contributed by atoms with E-state index in [1.54, 1.807) is 4.90 Å². The SMILES string of the molecule is C[C@]12C(=O)N(CCC3=CCCCC3)C(=O)[C@H]1[C@@H](c1ccccc1)C=C[C@@H]2c1ccccc1. The highest BCUT2D eigenvalue weighted by molar-refractivity contribution is 6.08. The highest BCUT2D eigenvalue weighted by Crippen LogP contribution is 2.57. The quantitative estimate of drug-likeness (QED) is 0.435. The fourth-order valence-corrected chi connectivity index (χ4v) is 6.04. The Balaban J connectivity index is 1.53. The molecule has 3 aliphatic rings.